The van der Waals surface area contributed by atoms with E-state index in [0.29, 0.717) is 22.3 Å². The number of hydrogen-bond donors (Lipinski definition) is 2. The monoisotopic (exact) mass is 321 g/mol. The van der Waals surface area contributed by atoms with Gasteiger partial charge in [0.05, 0.1) is 18.3 Å². The molecule has 108 valence electrons. The number of aromatic nitrogens is 2. The highest BCUT2D eigenvalue weighted by atomic mass is 32.2. The van der Waals surface area contributed by atoms with Crippen LogP contribution in [0.2, 0.25) is 0 Å². The summed E-state index contributed by atoms with van der Waals surface area (Å²) in [5.41, 5.74) is 1.92. The first kappa shape index (κ1) is 13.9. The van der Waals surface area contributed by atoms with Gasteiger partial charge in [-0.1, -0.05) is 18.2 Å². The first-order valence-electron chi connectivity index (χ1n) is 6.04. The van der Waals surface area contributed by atoms with Crippen molar-refractivity contribution in [1.82, 2.24) is 8.75 Å². The van der Waals surface area contributed by atoms with E-state index in [1.165, 1.54) is 6.07 Å². The Balaban J connectivity index is 2.02. The second kappa shape index (κ2) is 5.40. The molecular formula is C13H11N3O3S2. The van der Waals surface area contributed by atoms with E-state index < -0.39 is 10.0 Å². The zero-order valence-corrected chi connectivity index (χ0v) is 12.4. The van der Waals surface area contributed by atoms with Crippen molar-refractivity contribution in [1.29, 1.82) is 0 Å². The normalized spacial score (nSPS) is 11.7. The molecule has 21 heavy (non-hydrogen) atoms. The number of benzene rings is 2. The maximum atomic E-state index is 12.5. The molecule has 0 aliphatic rings. The van der Waals surface area contributed by atoms with Crippen LogP contribution in [0.5, 0.6) is 0 Å². The van der Waals surface area contributed by atoms with Crippen LogP contribution >= 0.6 is 11.7 Å². The van der Waals surface area contributed by atoms with Gasteiger partial charge < -0.3 is 5.11 Å². The van der Waals surface area contributed by atoms with Crippen LogP contribution in [0.1, 0.15) is 5.56 Å². The van der Waals surface area contributed by atoms with Gasteiger partial charge in [-0.15, -0.1) is 0 Å². The Kier molecular flexibility index (Phi) is 3.58. The van der Waals surface area contributed by atoms with E-state index in [9.17, 15) is 8.42 Å². The van der Waals surface area contributed by atoms with E-state index >= 15 is 0 Å². The molecule has 0 atom stereocenters. The minimum Gasteiger partial charge on any atom is -0.392 e. The summed E-state index contributed by atoms with van der Waals surface area (Å²) in [6.07, 6.45) is 0. The fourth-order valence-electron chi connectivity index (χ4n) is 1.94. The number of sulfonamides is 1. The van der Waals surface area contributed by atoms with Crippen molar-refractivity contribution in [3.8, 4) is 0 Å². The molecule has 1 aromatic heterocycles. The summed E-state index contributed by atoms with van der Waals surface area (Å²) < 4.78 is 35.5. The smallest absolute Gasteiger partial charge is 0.264 e. The van der Waals surface area contributed by atoms with Crippen LogP contribution in [0, 0.1) is 0 Å². The largest absolute Gasteiger partial charge is 0.392 e. The van der Waals surface area contributed by atoms with Crippen LogP contribution in [0.3, 0.4) is 0 Å². The molecule has 0 aliphatic heterocycles. The second-order valence-corrected chi connectivity index (χ2v) is 6.53. The zero-order valence-electron chi connectivity index (χ0n) is 10.7. The Labute approximate surface area is 125 Å². The molecule has 8 heteroatoms. The Morgan fingerprint density at radius 3 is 2.76 bits per heavy atom. The van der Waals surface area contributed by atoms with Crippen LogP contribution in [0.15, 0.2) is 47.4 Å². The molecule has 0 spiro atoms. The number of aliphatic hydroxyl groups is 1. The molecular weight excluding hydrogens is 310 g/mol. The van der Waals surface area contributed by atoms with Crippen LogP contribution in [-0.4, -0.2) is 22.3 Å². The number of anilines is 1. The highest BCUT2D eigenvalue weighted by Gasteiger charge is 2.19. The third-order valence-corrected chi connectivity index (χ3v) is 4.86. The van der Waals surface area contributed by atoms with Crippen molar-refractivity contribution in [2.75, 3.05) is 4.72 Å². The van der Waals surface area contributed by atoms with Crippen molar-refractivity contribution >= 4 is 38.5 Å². The number of nitrogens with one attached hydrogen (secondary N) is 1. The highest BCUT2D eigenvalue weighted by molar-refractivity contribution is 7.93. The average molecular weight is 321 g/mol. The van der Waals surface area contributed by atoms with Gasteiger partial charge in [-0.2, -0.15) is 8.75 Å². The van der Waals surface area contributed by atoms with Gasteiger partial charge in [0.15, 0.2) is 0 Å². The van der Waals surface area contributed by atoms with E-state index in [2.05, 4.69) is 13.5 Å². The van der Waals surface area contributed by atoms with Gasteiger partial charge in [0.25, 0.3) is 10.0 Å². The predicted octanol–water partition coefficient (Wildman–Crippen LogP) is 1.98. The van der Waals surface area contributed by atoms with Crippen molar-refractivity contribution in [2.45, 2.75) is 11.5 Å². The Bertz CT molecular complexity index is 890. The van der Waals surface area contributed by atoms with Gasteiger partial charge in [-0.25, -0.2) is 8.42 Å². The first-order chi connectivity index (χ1) is 10.1. The minimum absolute atomic E-state index is 0.0863. The SMILES string of the molecule is O=S(=O)(Nc1cccc(CO)c1)c1cccc2nsnc12. The van der Waals surface area contributed by atoms with E-state index in [1.807, 2.05) is 0 Å². The Morgan fingerprint density at radius 2 is 1.95 bits per heavy atom. The predicted molar refractivity (Wildman–Crippen MR) is 80.6 cm³/mol. The third-order valence-electron chi connectivity index (χ3n) is 2.90. The van der Waals surface area contributed by atoms with Gasteiger partial charge in [-0.05, 0) is 29.8 Å². The van der Waals surface area contributed by atoms with Crippen molar-refractivity contribution in [3.05, 3.63) is 48.0 Å². The standard InChI is InChI=1S/C13H11N3O3S2/c17-8-9-3-1-4-10(7-9)16-21(18,19)12-6-2-5-11-13(12)15-20-14-11/h1-7,16-17H,8H2. The molecule has 0 aliphatic carbocycles. The summed E-state index contributed by atoms with van der Waals surface area (Å²) in [7, 11) is -3.76. The van der Waals surface area contributed by atoms with Gasteiger partial charge >= 0.3 is 0 Å². The third kappa shape index (κ3) is 2.73. The summed E-state index contributed by atoms with van der Waals surface area (Å²) in [4.78, 5) is 0.0863. The molecule has 2 aromatic carbocycles. The van der Waals surface area contributed by atoms with Gasteiger partial charge in [0, 0.05) is 5.69 Å². The Hall–Kier alpha value is -2.03. The highest BCUT2D eigenvalue weighted by Crippen LogP contribution is 2.23. The van der Waals surface area contributed by atoms with E-state index in [-0.39, 0.29) is 11.5 Å². The fraction of sp³-hybridized carbons (Fsp3) is 0.0769. The van der Waals surface area contributed by atoms with Crippen LogP contribution in [0.4, 0.5) is 5.69 Å². The lowest BCUT2D eigenvalue weighted by atomic mass is 10.2. The molecule has 3 aromatic rings. The number of fused-ring (bicyclic) bond motifs is 1. The van der Waals surface area contributed by atoms with Crippen molar-refractivity contribution < 1.29 is 13.5 Å². The van der Waals surface area contributed by atoms with E-state index in [4.69, 9.17) is 5.11 Å². The quantitative estimate of drug-likeness (QED) is 0.766. The molecule has 0 bridgehead atoms. The number of hydrogen-bond acceptors (Lipinski definition) is 6. The summed E-state index contributed by atoms with van der Waals surface area (Å²) in [6.45, 7) is -0.152. The van der Waals surface area contributed by atoms with E-state index in [1.54, 1.807) is 36.4 Å². The molecule has 0 amide bonds. The zero-order chi connectivity index (χ0) is 14.9. The Morgan fingerprint density at radius 1 is 1.14 bits per heavy atom. The van der Waals surface area contributed by atoms with Crippen LogP contribution in [-0.2, 0) is 16.6 Å². The lowest BCUT2D eigenvalue weighted by Crippen LogP contribution is -2.13. The van der Waals surface area contributed by atoms with Gasteiger partial charge in [0.2, 0.25) is 0 Å². The van der Waals surface area contributed by atoms with Crippen LogP contribution < -0.4 is 4.72 Å². The number of rotatable bonds is 4. The number of nitrogens with zero attached hydrogens (tertiary/aromatic N) is 2. The fourth-order valence-corrected chi connectivity index (χ4v) is 3.76. The van der Waals surface area contributed by atoms with Crippen LogP contribution in [0.25, 0.3) is 11.0 Å². The summed E-state index contributed by atoms with van der Waals surface area (Å²) >= 11 is 0.970. The lowest BCUT2D eigenvalue weighted by Gasteiger charge is -2.09. The van der Waals surface area contributed by atoms with Crippen molar-refractivity contribution in [3.63, 3.8) is 0 Å². The van der Waals surface area contributed by atoms with Crippen molar-refractivity contribution in [2.24, 2.45) is 0 Å². The first-order valence-corrected chi connectivity index (χ1v) is 8.25. The molecule has 6 nitrogen and oxygen atoms in total. The molecule has 2 N–H and O–H groups in total. The van der Waals surface area contributed by atoms with Gasteiger partial charge in [-0.3, -0.25) is 4.72 Å². The molecule has 0 unspecified atom stereocenters. The van der Waals surface area contributed by atoms with E-state index in [0.717, 1.165) is 11.7 Å². The number of aliphatic hydroxyl groups excluding tert-OH is 1. The second-order valence-electron chi connectivity index (χ2n) is 4.35. The lowest BCUT2D eigenvalue weighted by molar-refractivity contribution is 0.282. The topological polar surface area (TPSA) is 92.2 Å². The molecule has 0 saturated carbocycles. The maximum Gasteiger partial charge on any atom is 0.264 e. The minimum atomic E-state index is -3.76. The molecule has 3 rings (SSSR count). The average Bonchev–Trinajstić information content (AvgIpc) is 2.95. The molecule has 0 radical (unpaired) electrons. The molecule has 0 saturated heterocycles. The maximum absolute atomic E-state index is 12.5. The van der Waals surface area contributed by atoms with Gasteiger partial charge in [0.1, 0.15) is 15.9 Å². The summed E-state index contributed by atoms with van der Waals surface area (Å²) in [6, 6.07) is 11.4. The summed E-state index contributed by atoms with van der Waals surface area (Å²) in [5.74, 6) is 0. The molecule has 0 fully saturated rings. The summed E-state index contributed by atoms with van der Waals surface area (Å²) in [5, 5.41) is 9.10. The molecule has 1 heterocycles.